The largest absolute Gasteiger partial charge is 0.493 e. The van der Waals surface area contributed by atoms with Crippen molar-refractivity contribution in [1.82, 2.24) is 10.4 Å². The average molecular weight is 520 g/mol. The number of anilines is 1. The number of benzene rings is 3. The number of rotatable bonds is 12. The molecular weight excluding hydrogens is 482 g/mol. The Bertz CT molecular complexity index is 1210. The highest BCUT2D eigenvalue weighted by atomic mass is 16.5. The zero-order valence-corrected chi connectivity index (χ0v) is 22.6. The molecule has 1 fully saturated rings. The van der Waals surface area contributed by atoms with Crippen molar-refractivity contribution >= 4 is 11.6 Å². The van der Waals surface area contributed by atoms with Gasteiger partial charge in [0.2, 0.25) is 0 Å². The Morgan fingerprint density at radius 3 is 2.13 bits per heavy atom. The van der Waals surface area contributed by atoms with Gasteiger partial charge in [0, 0.05) is 31.4 Å². The molecule has 0 aromatic heterocycles. The quantitative estimate of drug-likeness (QED) is 0.309. The van der Waals surface area contributed by atoms with Crippen LogP contribution < -0.4 is 29.7 Å². The lowest BCUT2D eigenvalue weighted by Crippen LogP contribution is -2.33. The maximum absolute atomic E-state index is 12.7. The lowest BCUT2D eigenvalue weighted by molar-refractivity contribution is 0.102. The van der Waals surface area contributed by atoms with E-state index in [9.17, 15) is 4.79 Å². The van der Waals surface area contributed by atoms with Gasteiger partial charge in [-0.3, -0.25) is 10.2 Å². The van der Waals surface area contributed by atoms with Gasteiger partial charge < -0.3 is 24.3 Å². The van der Waals surface area contributed by atoms with Gasteiger partial charge in [-0.25, -0.2) is 5.01 Å². The van der Waals surface area contributed by atoms with Crippen molar-refractivity contribution in [2.24, 2.45) is 0 Å². The van der Waals surface area contributed by atoms with Crippen LogP contribution in [0.15, 0.2) is 60.7 Å². The predicted octanol–water partition coefficient (Wildman–Crippen LogP) is 5.42. The number of hydrogen-bond donors (Lipinski definition) is 2. The van der Waals surface area contributed by atoms with Crippen LogP contribution in [0, 0.1) is 0 Å². The van der Waals surface area contributed by atoms with Gasteiger partial charge in [0.25, 0.3) is 5.91 Å². The zero-order chi connectivity index (χ0) is 26.9. The van der Waals surface area contributed by atoms with Crippen LogP contribution in [0.3, 0.4) is 0 Å². The van der Waals surface area contributed by atoms with Gasteiger partial charge >= 0.3 is 0 Å². The minimum Gasteiger partial charge on any atom is -0.493 e. The second kappa shape index (κ2) is 13.2. The summed E-state index contributed by atoms with van der Waals surface area (Å²) in [7, 11) is 6.79. The fourth-order valence-corrected chi connectivity index (χ4v) is 4.54. The highest BCUT2D eigenvalue weighted by Gasteiger charge is 2.19. The molecule has 1 aliphatic rings. The summed E-state index contributed by atoms with van der Waals surface area (Å²) in [5.74, 6) is 2.46. The van der Waals surface area contributed by atoms with E-state index < -0.39 is 0 Å². The molecule has 2 N–H and O–H groups in total. The number of carbonyl (C=O) groups excluding carboxylic acids is 1. The minimum absolute atomic E-state index is 0.215. The van der Waals surface area contributed by atoms with E-state index in [1.54, 1.807) is 39.5 Å². The Morgan fingerprint density at radius 1 is 0.816 bits per heavy atom. The smallest absolute Gasteiger partial charge is 0.255 e. The molecular formula is C30H37N3O5. The number of methoxy groups -OCH3 is 3. The highest BCUT2D eigenvalue weighted by molar-refractivity contribution is 6.04. The summed E-state index contributed by atoms with van der Waals surface area (Å²) in [6, 6.07) is 19.0. The summed E-state index contributed by atoms with van der Waals surface area (Å²) < 4.78 is 22.3. The Morgan fingerprint density at radius 2 is 1.45 bits per heavy atom. The Balaban J connectivity index is 1.29. The fourth-order valence-electron chi connectivity index (χ4n) is 4.54. The summed E-state index contributed by atoms with van der Waals surface area (Å²) in [4.78, 5) is 12.7. The summed E-state index contributed by atoms with van der Waals surface area (Å²) in [5, 5.41) is 4.97. The van der Waals surface area contributed by atoms with Crippen LogP contribution in [0.25, 0.3) is 0 Å². The molecule has 1 saturated carbocycles. The molecule has 38 heavy (non-hydrogen) atoms. The van der Waals surface area contributed by atoms with Crippen molar-refractivity contribution in [3.8, 4) is 23.0 Å². The first kappa shape index (κ1) is 27.3. The molecule has 0 heterocycles. The van der Waals surface area contributed by atoms with E-state index in [-0.39, 0.29) is 12.0 Å². The molecule has 8 nitrogen and oxygen atoms in total. The summed E-state index contributed by atoms with van der Waals surface area (Å²) >= 11 is 0. The van der Waals surface area contributed by atoms with Crippen molar-refractivity contribution in [2.45, 2.75) is 44.9 Å². The van der Waals surface area contributed by atoms with Crippen LogP contribution in [-0.4, -0.2) is 45.4 Å². The number of amides is 1. The van der Waals surface area contributed by atoms with E-state index in [0.717, 1.165) is 41.2 Å². The van der Waals surface area contributed by atoms with E-state index >= 15 is 0 Å². The molecule has 1 amide bonds. The molecule has 0 aliphatic heterocycles. The normalized spacial score (nSPS) is 13.4. The van der Waals surface area contributed by atoms with E-state index in [4.69, 9.17) is 18.9 Å². The molecule has 0 atom stereocenters. The molecule has 8 heteroatoms. The Kier molecular flexibility index (Phi) is 9.46. The Hall–Kier alpha value is -3.75. The number of hydrazine groups is 1. The Labute approximate surface area is 224 Å². The maximum Gasteiger partial charge on any atom is 0.255 e. The topological polar surface area (TPSA) is 81.3 Å². The van der Waals surface area contributed by atoms with Crippen LogP contribution in [-0.2, 0) is 13.1 Å². The molecule has 0 spiro atoms. The van der Waals surface area contributed by atoms with E-state index in [2.05, 4.69) is 22.9 Å². The molecule has 0 radical (unpaired) electrons. The predicted molar refractivity (Wildman–Crippen MR) is 148 cm³/mol. The minimum atomic E-state index is -0.215. The summed E-state index contributed by atoms with van der Waals surface area (Å²) in [6.07, 6.45) is 4.94. The van der Waals surface area contributed by atoms with Crippen LogP contribution in [0.1, 0.15) is 47.2 Å². The second-order valence-corrected chi connectivity index (χ2v) is 9.42. The maximum atomic E-state index is 12.7. The second-order valence-electron chi connectivity index (χ2n) is 9.42. The molecule has 0 bridgehead atoms. The van der Waals surface area contributed by atoms with Gasteiger partial charge in [0.1, 0.15) is 0 Å². The lowest BCUT2D eigenvalue weighted by Gasteiger charge is -2.20. The first-order chi connectivity index (χ1) is 18.5. The molecule has 3 aromatic carbocycles. The van der Waals surface area contributed by atoms with Crippen molar-refractivity contribution in [3.63, 3.8) is 0 Å². The van der Waals surface area contributed by atoms with Crippen LogP contribution in [0.2, 0.25) is 0 Å². The third-order valence-corrected chi connectivity index (χ3v) is 6.65. The van der Waals surface area contributed by atoms with Crippen LogP contribution >= 0.6 is 0 Å². The lowest BCUT2D eigenvalue weighted by atomic mass is 10.1. The van der Waals surface area contributed by atoms with Crippen molar-refractivity contribution < 1.29 is 23.7 Å². The monoisotopic (exact) mass is 519 g/mol. The zero-order valence-electron chi connectivity index (χ0n) is 22.6. The van der Waals surface area contributed by atoms with Gasteiger partial charge in [-0.05, 0) is 79.3 Å². The SMILES string of the molecule is COc1ccc(C(=O)Nc2ccc(CN(C)NCc3ccc(OC)c(OC4CCCC4)c3)cc2)cc1OC. The summed E-state index contributed by atoms with van der Waals surface area (Å²) in [6.45, 7) is 1.37. The molecule has 3 aromatic rings. The third-order valence-electron chi connectivity index (χ3n) is 6.65. The van der Waals surface area contributed by atoms with Gasteiger partial charge in [-0.15, -0.1) is 0 Å². The standard InChI is InChI=1S/C30H37N3O5/c1-33(31-19-22-11-15-27(36-3)29(17-22)38-25-7-5-6-8-25)20-21-9-13-24(14-10-21)32-30(34)23-12-16-26(35-2)28(18-23)37-4/h9-18,25,31H,5-8,19-20H2,1-4H3,(H,32,34). The van der Waals surface area contributed by atoms with Crippen molar-refractivity contribution in [2.75, 3.05) is 33.7 Å². The molecule has 202 valence electrons. The third kappa shape index (κ3) is 7.18. The molecule has 0 saturated heterocycles. The number of nitrogens with one attached hydrogen (secondary N) is 2. The van der Waals surface area contributed by atoms with E-state index in [1.807, 2.05) is 42.4 Å². The number of carbonyl (C=O) groups is 1. The van der Waals surface area contributed by atoms with Gasteiger partial charge in [-0.2, -0.15) is 0 Å². The van der Waals surface area contributed by atoms with Gasteiger partial charge in [0.05, 0.1) is 27.4 Å². The van der Waals surface area contributed by atoms with Crippen LogP contribution in [0.4, 0.5) is 5.69 Å². The fraction of sp³-hybridized carbons (Fsp3) is 0.367. The van der Waals surface area contributed by atoms with Gasteiger partial charge in [0.15, 0.2) is 23.0 Å². The number of nitrogens with zero attached hydrogens (tertiary/aromatic N) is 1. The molecule has 1 aliphatic carbocycles. The highest BCUT2D eigenvalue weighted by Crippen LogP contribution is 2.32. The molecule has 4 rings (SSSR count). The van der Waals surface area contributed by atoms with E-state index in [1.165, 1.54) is 12.8 Å². The first-order valence-corrected chi connectivity index (χ1v) is 12.9. The number of ether oxygens (including phenoxy) is 4. The van der Waals surface area contributed by atoms with Crippen molar-refractivity contribution in [3.05, 3.63) is 77.4 Å². The average Bonchev–Trinajstić information content (AvgIpc) is 3.45. The number of hydrogen-bond acceptors (Lipinski definition) is 7. The summed E-state index contributed by atoms with van der Waals surface area (Å²) in [5.41, 5.74) is 6.89. The molecule has 0 unspecified atom stereocenters. The van der Waals surface area contributed by atoms with Crippen molar-refractivity contribution in [1.29, 1.82) is 0 Å². The first-order valence-electron chi connectivity index (χ1n) is 12.9. The van der Waals surface area contributed by atoms with Gasteiger partial charge in [-0.1, -0.05) is 18.2 Å². The van der Waals surface area contributed by atoms with Crippen LogP contribution in [0.5, 0.6) is 23.0 Å². The van der Waals surface area contributed by atoms with E-state index in [0.29, 0.717) is 30.2 Å².